The van der Waals surface area contributed by atoms with Crippen LogP contribution in [0.3, 0.4) is 0 Å². The Morgan fingerprint density at radius 2 is 1.64 bits per heavy atom. The molecular formula is C18H15F2N3OS. The van der Waals surface area contributed by atoms with E-state index in [1.165, 1.54) is 11.0 Å². The predicted molar refractivity (Wildman–Crippen MR) is 94.1 cm³/mol. The van der Waals surface area contributed by atoms with Crippen molar-refractivity contribution in [3.05, 3.63) is 59.7 Å². The topological polar surface area (TPSA) is 36.4 Å². The van der Waals surface area contributed by atoms with Gasteiger partial charge in [-0.3, -0.25) is 4.79 Å². The third kappa shape index (κ3) is 2.95. The third-order valence-corrected chi connectivity index (χ3v) is 5.39. The van der Waals surface area contributed by atoms with Crippen LogP contribution in [-0.2, 0) is 0 Å². The highest BCUT2D eigenvalue weighted by Gasteiger charge is 2.27. The molecule has 1 amide bonds. The monoisotopic (exact) mass is 359 g/mol. The number of piperazine rings is 1. The number of fused-ring (bicyclic) bond motifs is 1. The number of hydrogen-bond acceptors (Lipinski definition) is 4. The molecular weight excluding hydrogens is 344 g/mol. The van der Waals surface area contributed by atoms with Gasteiger partial charge < -0.3 is 9.80 Å². The molecule has 1 aromatic heterocycles. The molecule has 0 bridgehead atoms. The molecule has 7 heteroatoms. The van der Waals surface area contributed by atoms with E-state index in [1.54, 1.807) is 11.3 Å². The van der Waals surface area contributed by atoms with E-state index in [1.807, 2.05) is 24.3 Å². The summed E-state index contributed by atoms with van der Waals surface area (Å²) in [6.07, 6.45) is 0. The minimum atomic E-state index is -0.821. The van der Waals surface area contributed by atoms with Crippen LogP contribution in [0.5, 0.6) is 0 Å². The maximum atomic E-state index is 13.8. The lowest BCUT2D eigenvalue weighted by Gasteiger charge is -2.34. The van der Waals surface area contributed by atoms with Gasteiger partial charge in [0.15, 0.2) is 5.13 Å². The largest absolute Gasteiger partial charge is 0.345 e. The van der Waals surface area contributed by atoms with E-state index in [0.717, 1.165) is 27.5 Å². The highest BCUT2D eigenvalue weighted by molar-refractivity contribution is 7.22. The van der Waals surface area contributed by atoms with Gasteiger partial charge in [0.25, 0.3) is 5.91 Å². The first kappa shape index (κ1) is 16.0. The van der Waals surface area contributed by atoms with Gasteiger partial charge in [-0.2, -0.15) is 0 Å². The standard InChI is InChI=1S/C18H15F2N3OS/c19-12-4-3-5-13(20)16(12)17(24)22-8-10-23(11-9-22)18-21-14-6-1-2-7-15(14)25-18/h1-7H,8-11H2. The Kier molecular flexibility index (Phi) is 4.09. The van der Waals surface area contributed by atoms with Crippen LogP contribution in [-0.4, -0.2) is 42.0 Å². The van der Waals surface area contributed by atoms with Gasteiger partial charge in [-0.25, -0.2) is 13.8 Å². The van der Waals surface area contributed by atoms with E-state index in [0.29, 0.717) is 26.2 Å². The molecule has 0 N–H and O–H groups in total. The summed E-state index contributed by atoms with van der Waals surface area (Å²) in [6.45, 7) is 1.98. The minimum Gasteiger partial charge on any atom is -0.345 e. The first-order valence-electron chi connectivity index (χ1n) is 7.97. The number of aromatic nitrogens is 1. The van der Waals surface area contributed by atoms with Crippen molar-refractivity contribution in [3.8, 4) is 0 Å². The molecule has 0 atom stereocenters. The maximum Gasteiger partial charge on any atom is 0.259 e. The van der Waals surface area contributed by atoms with Gasteiger partial charge in [-0.05, 0) is 24.3 Å². The fraction of sp³-hybridized carbons (Fsp3) is 0.222. The van der Waals surface area contributed by atoms with Gasteiger partial charge in [0.05, 0.1) is 10.2 Å². The number of benzene rings is 2. The van der Waals surface area contributed by atoms with Crippen molar-refractivity contribution in [1.29, 1.82) is 0 Å². The molecule has 1 fully saturated rings. The number of carbonyl (C=O) groups is 1. The zero-order valence-electron chi connectivity index (χ0n) is 13.3. The van der Waals surface area contributed by atoms with Crippen LogP contribution < -0.4 is 4.90 Å². The molecule has 1 saturated heterocycles. The lowest BCUT2D eigenvalue weighted by molar-refractivity contribution is 0.0737. The zero-order chi connectivity index (χ0) is 17.4. The lowest BCUT2D eigenvalue weighted by atomic mass is 10.1. The normalized spacial score (nSPS) is 15.0. The third-order valence-electron chi connectivity index (χ3n) is 4.30. The molecule has 128 valence electrons. The highest BCUT2D eigenvalue weighted by Crippen LogP contribution is 2.29. The van der Waals surface area contributed by atoms with E-state index in [9.17, 15) is 13.6 Å². The molecule has 1 aliphatic heterocycles. The van der Waals surface area contributed by atoms with Crippen molar-refractivity contribution >= 4 is 32.6 Å². The number of halogens is 2. The molecule has 4 rings (SSSR count). The first-order valence-corrected chi connectivity index (χ1v) is 8.79. The van der Waals surface area contributed by atoms with Crippen LogP contribution in [0.25, 0.3) is 10.2 Å². The van der Waals surface area contributed by atoms with Crippen molar-refractivity contribution in [1.82, 2.24) is 9.88 Å². The average Bonchev–Trinajstić information content (AvgIpc) is 3.06. The Balaban J connectivity index is 1.48. The van der Waals surface area contributed by atoms with Crippen molar-refractivity contribution in [2.45, 2.75) is 0 Å². The Morgan fingerprint density at radius 3 is 2.32 bits per heavy atom. The van der Waals surface area contributed by atoms with E-state index in [4.69, 9.17) is 0 Å². The predicted octanol–water partition coefficient (Wildman–Crippen LogP) is 3.54. The SMILES string of the molecule is O=C(c1c(F)cccc1F)N1CCN(c2nc3ccccc3s2)CC1. The summed E-state index contributed by atoms with van der Waals surface area (Å²) in [7, 11) is 0. The van der Waals surface area contributed by atoms with Gasteiger partial charge in [0.1, 0.15) is 17.2 Å². The van der Waals surface area contributed by atoms with Crippen LogP contribution >= 0.6 is 11.3 Å². The summed E-state index contributed by atoms with van der Waals surface area (Å²) in [5.74, 6) is -2.24. The number of para-hydroxylation sites is 1. The van der Waals surface area contributed by atoms with Gasteiger partial charge >= 0.3 is 0 Å². The quantitative estimate of drug-likeness (QED) is 0.702. The Labute approximate surface area is 147 Å². The second kappa shape index (κ2) is 6.40. The zero-order valence-corrected chi connectivity index (χ0v) is 14.1. The number of hydrogen-bond donors (Lipinski definition) is 0. The van der Waals surface area contributed by atoms with E-state index < -0.39 is 23.1 Å². The average molecular weight is 359 g/mol. The fourth-order valence-corrected chi connectivity index (χ4v) is 3.97. The number of thiazole rings is 1. The van der Waals surface area contributed by atoms with Gasteiger partial charge in [-0.1, -0.05) is 29.5 Å². The van der Waals surface area contributed by atoms with Crippen LogP contribution in [0, 0.1) is 11.6 Å². The van der Waals surface area contributed by atoms with Crippen molar-refractivity contribution in [2.75, 3.05) is 31.1 Å². The van der Waals surface area contributed by atoms with E-state index in [-0.39, 0.29) is 0 Å². The molecule has 3 aromatic rings. The number of amides is 1. The van der Waals surface area contributed by atoms with Crippen molar-refractivity contribution in [2.24, 2.45) is 0 Å². The summed E-state index contributed by atoms with van der Waals surface area (Å²) in [5, 5.41) is 0.908. The smallest absolute Gasteiger partial charge is 0.259 e. The van der Waals surface area contributed by atoms with Crippen molar-refractivity contribution < 1.29 is 13.6 Å². The van der Waals surface area contributed by atoms with Crippen molar-refractivity contribution in [3.63, 3.8) is 0 Å². The molecule has 2 aromatic carbocycles. The summed E-state index contributed by atoms with van der Waals surface area (Å²) in [4.78, 5) is 20.6. The Hall–Kier alpha value is -2.54. The number of anilines is 1. The van der Waals surface area contributed by atoms with Crippen LogP contribution in [0.4, 0.5) is 13.9 Å². The Morgan fingerprint density at radius 1 is 0.960 bits per heavy atom. The van der Waals surface area contributed by atoms with Crippen LogP contribution in [0.2, 0.25) is 0 Å². The maximum absolute atomic E-state index is 13.8. The molecule has 0 saturated carbocycles. The number of carbonyl (C=O) groups excluding carboxylic acids is 1. The first-order chi connectivity index (χ1) is 12.1. The second-order valence-electron chi connectivity index (χ2n) is 5.84. The summed E-state index contributed by atoms with van der Waals surface area (Å²) >= 11 is 1.61. The molecule has 0 aliphatic carbocycles. The summed E-state index contributed by atoms with van der Waals surface area (Å²) in [5.41, 5.74) is 0.477. The molecule has 0 unspecified atom stereocenters. The van der Waals surface area contributed by atoms with Crippen LogP contribution in [0.1, 0.15) is 10.4 Å². The molecule has 4 nitrogen and oxygen atoms in total. The number of nitrogens with zero attached hydrogens (tertiary/aromatic N) is 3. The van der Waals surface area contributed by atoms with Gasteiger partial charge in [0.2, 0.25) is 0 Å². The molecule has 1 aliphatic rings. The van der Waals surface area contributed by atoms with E-state index >= 15 is 0 Å². The number of rotatable bonds is 2. The summed E-state index contributed by atoms with van der Waals surface area (Å²) < 4.78 is 28.7. The summed E-state index contributed by atoms with van der Waals surface area (Å²) in [6, 6.07) is 11.4. The van der Waals surface area contributed by atoms with E-state index in [2.05, 4.69) is 9.88 Å². The Bertz CT molecular complexity index is 882. The molecule has 2 heterocycles. The van der Waals surface area contributed by atoms with Crippen LogP contribution in [0.15, 0.2) is 42.5 Å². The minimum absolute atomic E-state index is 0.405. The fourth-order valence-electron chi connectivity index (χ4n) is 2.96. The lowest BCUT2D eigenvalue weighted by Crippen LogP contribution is -2.49. The highest BCUT2D eigenvalue weighted by atomic mass is 32.1. The molecule has 25 heavy (non-hydrogen) atoms. The molecule has 0 spiro atoms. The molecule has 0 radical (unpaired) electrons. The van der Waals surface area contributed by atoms with Gasteiger partial charge in [0, 0.05) is 26.2 Å². The van der Waals surface area contributed by atoms with Gasteiger partial charge in [-0.15, -0.1) is 0 Å². The second-order valence-corrected chi connectivity index (χ2v) is 6.85.